The number of methoxy groups -OCH3 is 1. The van der Waals surface area contributed by atoms with Gasteiger partial charge in [-0.05, 0) is 69.8 Å². The molecule has 0 aromatic heterocycles. The lowest BCUT2D eigenvalue weighted by Gasteiger charge is -2.34. The highest BCUT2D eigenvalue weighted by Crippen LogP contribution is 2.26. The zero-order chi connectivity index (χ0) is 22.4. The number of piperidine rings is 1. The lowest BCUT2D eigenvalue weighted by atomic mass is 10.0. The number of rotatable bonds is 11. The number of benzene rings is 1. The summed E-state index contributed by atoms with van der Waals surface area (Å²) in [5, 5.41) is 6.88. The summed E-state index contributed by atoms with van der Waals surface area (Å²) >= 11 is 0. The maximum Gasteiger partial charge on any atom is 0.191 e. The average Bonchev–Trinajstić information content (AvgIpc) is 2.85. The minimum absolute atomic E-state index is 0.286. The van der Waals surface area contributed by atoms with Gasteiger partial charge >= 0.3 is 0 Å². The van der Waals surface area contributed by atoms with Gasteiger partial charge in [-0.1, -0.05) is 18.6 Å². The molecule has 0 radical (unpaired) electrons. The summed E-state index contributed by atoms with van der Waals surface area (Å²) in [5.41, 5.74) is 1.30. The Kier molecular flexibility index (Phi) is 11.1. The topological polar surface area (TPSA) is 67.4 Å². The van der Waals surface area contributed by atoms with E-state index in [1.807, 2.05) is 0 Å². The Bertz CT molecular complexity index is 656. The van der Waals surface area contributed by atoms with Crippen molar-refractivity contribution in [2.24, 2.45) is 4.99 Å². The molecular weight excluding hydrogens is 404 g/mol. The van der Waals surface area contributed by atoms with Gasteiger partial charge in [-0.25, -0.2) is 0 Å². The normalized spacial score (nSPS) is 19.5. The molecule has 2 aliphatic heterocycles. The van der Waals surface area contributed by atoms with Gasteiger partial charge in [0.25, 0.3) is 0 Å². The zero-order valence-electron chi connectivity index (χ0n) is 20.0. The molecule has 1 atom stereocenters. The highest BCUT2D eigenvalue weighted by atomic mass is 16.5. The summed E-state index contributed by atoms with van der Waals surface area (Å²) in [6.45, 7) is 9.25. The highest BCUT2D eigenvalue weighted by molar-refractivity contribution is 5.79. The predicted molar refractivity (Wildman–Crippen MR) is 130 cm³/mol. The summed E-state index contributed by atoms with van der Waals surface area (Å²) in [7, 11) is 1.71. The standard InChI is InChI=1S/C25H42N4O3/c1-3-26-25(27-14-7-17-32-23-12-18-31-19-13-23)28-20-24(29-15-5-4-6-16-29)21-8-10-22(30-2)11-9-21/h8-11,23-24H,3-7,12-20H2,1-2H3,(H2,26,27,28). The largest absolute Gasteiger partial charge is 0.497 e. The molecular formula is C25H42N4O3. The number of nitrogens with one attached hydrogen (secondary N) is 2. The molecule has 2 fully saturated rings. The number of aliphatic imine (C=N–C) groups is 1. The first-order chi connectivity index (χ1) is 15.8. The van der Waals surface area contributed by atoms with Crippen molar-refractivity contribution in [2.75, 3.05) is 59.7 Å². The molecule has 2 saturated heterocycles. The predicted octanol–water partition coefficient (Wildman–Crippen LogP) is 3.36. The maximum absolute atomic E-state index is 5.98. The van der Waals surface area contributed by atoms with Crippen molar-refractivity contribution in [3.8, 4) is 5.75 Å². The molecule has 0 spiro atoms. The van der Waals surface area contributed by atoms with Crippen LogP contribution in [0.1, 0.15) is 57.1 Å². The molecule has 0 amide bonds. The number of hydrogen-bond acceptors (Lipinski definition) is 5. The van der Waals surface area contributed by atoms with Crippen molar-refractivity contribution >= 4 is 5.96 Å². The van der Waals surface area contributed by atoms with Gasteiger partial charge in [-0.15, -0.1) is 0 Å². The quantitative estimate of drug-likeness (QED) is 0.309. The Morgan fingerprint density at radius 3 is 2.56 bits per heavy atom. The van der Waals surface area contributed by atoms with E-state index in [0.717, 1.165) is 83.5 Å². The van der Waals surface area contributed by atoms with E-state index in [-0.39, 0.29) is 6.04 Å². The first kappa shape index (κ1) is 24.8. The first-order valence-corrected chi connectivity index (χ1v) is 12.4. The van der Waals surface area contributed by atoms with Gasteiger partial charge in [0.15, 0.2) is 5.96 Å². The lowest BCUT2D eigenvalue weighted by molar-refractivity contribution is -0.0320. The Morgan fingerprint density at radius 1 is 1.12 bits per heavy atom. The maximum atomic E-state index is 5.98. The molecule has 1 aromatic carbocycles. The minimum atomic E-state index is 0.286. The van der Waals surface area contributed by atoms with Crippen LogP contribution >= 0.6 is 0 Å². The lowest BCUT2D eigenvalue weighted by Crippen LogP contribution is -2.40. The number of guanidine groups is 1. The fraction of sp³-hybridized carbons (Fsp3) is 0.720. The van der Waals surface area contributed by atoms with E-state index in [1.165, 1.54) is 24.8 Å². The van der Waals surface area contributed by atoms with E-state index in [1.54, 1.807) is 7.11 Å². The molecule has 180 valence electrons. The van der Waals surface area contributed by atoms with Crippen molar-refractivity contribution in [1.29, 1.82) is 0 Å². The van der Waals surface area contributed by atoms with E-state index >= 15 is 0 Å². The monoisotopic (exact) mass is 446 g/mol. The Balaban J connectivity index is 1.53. The van der Waals surface area contributed by atoms with Crippen LogP contribution in [0.4, 0.5) is 0 Å². The van der Waals surface area contributed by atoms with E-state index in [2.05, 4.69) is 46.7 Å². The van der Waals surface area contributed by atoms with E-state index in [4.69, 9.17) is 19.2 Å². The molecule has 2 N–H and O–H groups in total. The van der Waals surface area contributed by atoms with Crippen LogP contribution in [0.3, 0.4) is 0 Å². The Hall–Kier alpha value is -1.83. The van der Waals surface area contributed by atoms with Crippen molar-refractivity contribution in [1.82, 2.24) is 15.5 Å². The number of ether oxygens (including phenoxy) is 3. The second-order valence-electron chi connectivity index (χ2n) is 8.57. The van der Waals surface area contributed by atoms with Gasteiger partial charge in [0.05, 0.1) is 25.8 Å². The van der Waals surface area contributed by atoms with Gasteiger partial charge in [0, 0.05) is 32.9 Å². The molecule has 7 heteroatoms. The second-order valence-corrected chi connectivity index (χ2v) is 8.57. The van der Waals surface area contributed by atoms with Crippen LogP contribution in [0.15, 0.2) is 29.3 Å². The minimum Gasteiger partial charge on any atom is -0.497 e. The van der Waals surface area contributed by atoms with Gasteiger partial charge in [-0.2, -0.15) is 0 Å². The summed E-state index contributed by atoms with van der Waals surface area (Å²) in [5.74, 6) is 1.78. The summed E-state index contributed by atoms with van der Waals surface area (Å²) < 4.78 is 16.7. The fourth-order valence-electron chi connectivity index (χ4n) is 4.38. The molecule has 1 unspecified atom stereocenters. The second kappa shape index (κ2) is 14.3. The summed E-state index contributed by atoms with van der Waals surface area (Å²) in [6, 6.07) is 8.76. The Labute approximate surface area is 193 Å². The smallest absolute Gasteiger partial charge is 0.191 e. The molecule has 1 aromatic rings. The molecule has 0 aliphatic carbocycles. The third-order valence-electron chi connectivity index (χ3n) is 6.23. The van der Waals surface area contributed by atoms with Crippen molar-refractivity contribution in [3.63, 3.8) is 0 Å². The van der Waals surface area contributed by atoms with Crippen molar-refractivity contribution in [2.45, 2.75) is 57.6 Å². The first-order valence-electron chi connectivity index (χ1n) is 12.4. The zero-order valence-corrected chi connectivity index (χ0v) is 20.0. The molecule has 32 heavy (non-hydrogen) atoms. The van der Waals surface area contributed by atoms with Crippen molar-refractivity contribution in [3.05, 3.63) is 29.8 Å². The van der Waals surface area contributed by atoms with Gasteiger partial charge < -0.3 is 24.8 Å². The van der Waals surface area contributed by atoms with Crippen LogP contribution in [0.25, 0.3) is 0 Å². The van der Waals surface area contributed by atoms with E-state index in [9.17, 15) is 0 Å². The fourth-order valence-corrected chi connectivity index (χ4v) is 4.38. The van der Waals surface area contributed by atoms with Crippen LogP contribution < -0.4 is 15.4 Å². The molecule has 2 heterocycles. The number of hydrogen-bond donors (Lipinski definition) is 2. The van der Waals surface area contributed by atoms with Crippen LogP contribution in [0, 0.1) is 0 Å². The molecule has 3 rings (SSSR count). The Morgan fingerprint density at radius 2 is 1.88 bits per heavy atom. The van der Waals surface area contributed by atoms with Crippen LogP contribution in [-0.4, -0.2) is 76.6 Å². The third kappa shape index (κ3) is 8.26. The molecule has 7 nitrogen and oxygen atoms in total. The summed E-state index contributed by atoms with van der Waals surface area (Å²) in [6.07, 6.45) is 7.22. The van der Waals surface area contributed by atoms with Crippen LogP contribution in [0.5, 0.6) is 5.75 Å². The summed E-state index contributed by atoms with van der Waals surface area (Å²) in [4.78, 5) is 7.54. The third-order valence-corrected chi connectivity index (χ3v) is 6.23. The van der Waals surface area contributed by atoms with Gasteiger partial charge in [-0.3, -0.25) is 9.89 Å². The van der Waals surface area contributed by atoms with E-state index in [0.29, 0.717) is 6.10 Å². The highest BCUT2D eigenvalue weighted by Gasteiger charge is 2.22. The molecule has 0 saturated carbocycles. The van der Waals surface area contributed by atoms with Crippen LogP contribution in [0.2, 0.25) is 0 Å². The number of likely N-dealkylation sites (tertiary alicyclic amines) is 1. The molecule has 0 bridgehead atoms. The van der Waals surface area contributed by atoms with Crippen LogP contribution in [-0.2, 0) is 9.47 Å². The van der Waals surface area contributed by atoms with Gasteiger partial charge in [0.1, 0.15) is 5.75 Å². The van der Waals surface area contributed by atoms with E-state index < -0.39 is 0 Å². The molecule has 2 aliphatic rings. The van der Waals surface area contributed by atoms with Crippen molar-refractivity contribution < 1.29 is 14.2 Å². The SMILES string of the molecule is CCNC(=NCC(c1ccc(OC)cc1)N1CCCCC1)NCCCOC1CCOCC1. The van der Waals surface area contributed by atoms with Gasteiger partial charge in [0.2, 0.25) is 0 Å². The average molecular weight is 447 g/mol. The number of nitrogens with zero attached hydrogens (tertiary/aromatic N) is 2.